The second-order valence-electron chi connectivity index (χ2n) is 6.01. The third kappa shape index (κ3) is 3.47. The monoisotopic (exact) mass is 379 g/mol. The van der Waals surface area contributed by atoms with E-state index in [-0.39, 0.29) is 18.4 Å². The summed E-state index contributed by atoms with van der Waals surface area (Å²) in [7, 11) is 1.77. The quantitative estimate of drug-likeness (QED) is 0.728. The molecule has 136 valence electrons. The molecule has 1 aromatic heterocycles. The number of nitrogens with one attached hydrogen (secondary N) is 2. The van der Waals surface area contributed by atoms with Gasteiger partial charge in [0.05, 0.1) is 17.1 Å². The van der Waals surface area contributed by atoms with Crippen molar-refractivity contribution in [1.82, 2.24) is 4.98 Å². The number of thiazole rings is 1. The van der Waals surface area contributed by atoms with Crippen molar-refractivity contribution < 1.29 is 9.59 Å². The Hall–Kier alpha value is -3.39. The van der Waals surface area contributed by atoms with Crippen LogP contribution in [0.2, 0.25) is 0 Å². The summed E-state index contributed by atoms with van der Waals surface area (Å²) in [5, 5.41) is 6.93. The first-order chi connectivity index (χ1) is 13.1. The molecule has 7 nitrogen and oxygen atoms in total. The molecule has 4 rings (SSSR count). The van der Waals surface area contributed by atoms with Crippen LogP contribution in [-0.4, -0.2) is 30.4 Å². The lowest BCUT2D eigenvalue weighted by atomic mass is 10.2. The minimum atomic E-state index is -0.211. The molecule has 3 aromatic rings. The van der Waals surface area contributed by atoms with Gasteiger partial charge in [-0.2, -0.15) is 0 Å². The van der Waals surface area contributed by atoms with Gasteiger partial charge in [-0.05, 0) is 36.4 Å². The molecule has 0 spiro atoms. The van der Waals surface area contributed by atoms with Crippen molar-refractivity contribution in [3.8, 4) is 0 Å². The second kappa shape index (κ2) is 7.08. The number of anilines is 4. The zero-order chi connectivity index (χ0) is 18.8. The fourth-order valence-electron chi connectivity index (χ4n) is 2.84. The van der Waals surface area contributed by atoms with Gasteiger partial charge in [0.2, 0.25) is 5.91 Å². The maximum atomic E-state index is 12.2. The Morgan fingerprint density at radius 2 is 1.85 bits per heavy atom. The minimum absolute atomic E-state index is 0.000598. The van der Waals surface area contributed by atoms with E-state index in [9.17, 15) is 9.59 Å². The molecule has 0 bridgehead atoms. The number of para-hydroxylation sites is 2. The molecule has 2 amide bonds. The van der Waals surface area contributed by atoms with Crippen LogP contribution >= 0.6 is 11.3 Å². The minimum Gasteiger partial charge on any atom is -0.312 e. The van der Waals surface area contributed by atoms with E-state index in [1.165, 1.54) is 11.3 Å². The van der Waals surface area contributed by atoms with E-state index < -0.39 is 0 Å². The van der Waals surface area contributed by atoms with Gasteiger partial charge in [0.15, 0.2) is 5.13 Å². The van der Waals surface area contributed by atoms with Gasteiger partial charge >= 0.3 is 0 Å². The number of hydrogen-bond acceptors (Lipinski definition) is 6. The topological polar surface area (TPSA) is 77.6 Å². The number of rotatable bonds is 4. The molecule has 0 saturated carbocycles. The smallest absolute Gasteiger partial charge is 0.257 e. The van der Waals surface area contributed by atoms with Crippen LogP contribution in [-0.2, 0) is 4.79 Å². The Bertz CT molecular complexity index is 972. The zero-order valence-electron chi connectivity index (χ0n) is 14.5. The number of likely N-dealkylation sites (N-methyl/N-ethyl adjacent to an activating group) is 1. The fraction of sp³-hybridized carbons (Fsp3) is 0.105. The van der Waals surface area contributed by atoms with Crippen molar-refractivity contribution >= 4 is 45.3 Å². The summed E-state index contributed by atoms with van der Waals surface area (Å²) in [6, 6.07) is 14.8. The van der Waals surface area contributed by atoms with Crippen LogP contribution in [0, 0.1) is 0 Å². The molecule has 2 aromatic carbocycles. The molecule has 2 N–H and O–H groups in total. The fourth-order valence-corrected chi connectivity index (χ4v) is 3.37. The SMILES string of the molecule is CN1C(=O)CN(Nc2ccc(C(=O)Nc3nccs3)cc2)c2ccccc21. The number of nitrogens with zero attached hydrogens (tertiary/aromatic N) is 3. The Morgan fingerprint density at radius 3 is 2.56 bits per heavy atom. The van der Waals surface area contributed by atoms with Crippen molar-refractivity contribution in [2.45, 2.75) is 0 Å². The number of hydrazine groups is 1. The first kappa shape index (κ1) is 17.0. The molecule has 8 heteroatoms. The van der Waals surface area contributed by atoms with E-state index >= 15 is 0 Å². The Morgan fingerprint density at radius 1 is 1.11 bits per heavy atom. The largest absolute Gasteiger partial charge is 0.312 e. The summed E-state index contributed by atoms with van der Waals surface area (Å²) in [6.45, 7) is 0.222. The number of amides is 2. The maximum absolute atomic E-state index is 12.2. The molecule has 2 heterocycles. The van der Waals surface area contributed by atoms with Crippen molar-refractivity contribution in [2.24, 2.45) is 0 Å². The number of aromatic nitrogens is 1. The molecule has 0 fully saturated rings. The van der Waals surface area contributed by atoms with Crippen molar-refractivity contribution in [1.29, 1.82) is 0 Å². The molecule has 0 saturated heterocycles. The molecular weight excluding hydrogens is 362 g/mol. The summed E-state index contributed by atoms with van der Waals surface area (Å²) in [5.41, 5.74) is 6.33. The van der Waals surface area contributed by atoms with E-state index in [2.05, 4.69) is 15.7 Å². The first-order valence-electron chi connectivity index (χ1n) is 8.32. The summed E-state index contributed by atoms with van der Waals surface area (Å²) in [6.07, 6.45) is 1.64. The van der Waals surface area contributed by atoms with Crippen molar-refractivity contribution in [3.63, 3.8) is 0 Å². The van der Waals surface area contributed by atoms with Crippen LogP contribution in [0.5, 0.6) is 0 Å². The zero-order valence-corrected chi connectivity index (χ0v) is 15.4. The highest BCUT2D eigenvalue weighted by molar-refractivity contribution is 7.13. The van der Waals surface area contributed by atoms with Gasteiger partial charge in [-0.15, -0.1) is 11.3 Å². The average Bonchev–Trinajstić information content (AvgIpc) is 3.19. The van der Waals surface area contributed by atoms with Crippen LogP contribution in [0.4, 0.5) is 22.2 Å². The van der Waals surface area contributed by atoms with Gasteiger partial charge in [-0.25, -0.2) is 4.98 Å². The summed E-state index contributed by atoms with van der Waals surface area (Å²) < 4.78 is 0. The lowest BCUT2D eigenvalue weighted by Gasteiger charge is -2.35. The second-order valence-corrected chi connectivity index (χ2v) is 6.90. The molecule has 0 unspecified atom stereocenters. The van der Waals surface area contributed by atoms with Gasteiger partial charge in [-0.3, -0.25) is 25.3 Å². The van der Waals surface area contributed by atoms with Crippen LogP contribution in [0.3, 0.4) is 0 Å². The van der Waals surface area contributed by atoms with Crippen LogP contribution in [0.25, 0.3) is 0 Å². The first-order valence-corrected chi connectivity index (χ1v) is 9.20. The lowest BCUT2D eigenvalue weighted by Crippen LogP contribution is -2.46. The molecule has 0 aliphatic carbocycles. The van der Waals surface area contributed by atoms with Gasteiger partial charge in [-0.1, -0.05) is 12.1 Å². The molecule has 27 heavy (non-hydrogen) atoms. The van der Waals surface area contributed by atoms with Crippen molar-refractivity contribution in [3.05, 3.63) is 65.7 Å². The molecule has 1 aliphatic heterocycles. The van der Waals surface area contributed by atoms with Gasteiger partial charge < -0.3 is 4.90 Å². The van der Waals surface area contributed by atoms with E-state index in [4.69, 9.17) is 0 Å². The highest BCUT2D eigenvalue weighted by Crippen LogP contribution is 2.32. The number of fused-ring (bicyclic) bond motifs is 1. The van der Waals surface area contributed by atoms with E-state index in [1.807, 2.05) is 41.4 Å². The predicted molar refractivity (Wildman–Crippen MR) is 107 cm³/mol. The van der Waals surface area contributed by atoms with E-state index in [0.717, 1.165) is 17.1 Å². The Balaban J connectivity index is 1.49. The van der Waals surface area contributed by atoms with E-state index in [1.54, 1.807) is 35.7 Å². The van der Waals surface area contributed by atoms with Gasteiger partial charge in [0.1, 0.15) is 6.54 Å². The predicted octanol–water partition coefficient (Wildman–Crippen LogP) is 3.21. The molecule has 1 aliphatic rings. The van der Waals surface area contributed by atoms with Crippen molar-refractivity contribution in [2.75, 3.05) is 34.2 Å². The number of hydrogen-bond donors (Lipinski definition) is 2. The number of carbonyl (C=O) groups excluding carboxylic acids is 2. The lowest BCUT2D eigenvalue weighted by molar-refractivity contribution is -0.117. The summed E-state index contributed by atoms with van der Waals surface area (Å²) in [5.74, 6) is -0.211. The van der Waals surface area contributed by atoms with Crippen LogP contribution < -0.4 is 20.7 Å². The third-order valence-electron chi connectivity index (χ3n) is 4.27. The van der Waals surface area contributed by atoms with Crippen LogP contribution in [0.1, 0.15) is 10.4 Å². The molecule has 0 atom stereocenters. The standard InChI is InChI=1S/C19H17N5O2S/c1-23-15-4-2-3-5-16(15)24(12-17(23)25)22-14-8-6-13(7-9-14)18(26)21-19-20-10-11-27-19/h2-11,22H,12H2,1H3,(H,20,21,26). The highest BCUT2D eigenvalue weighted by atomic mass is 32.1. The Kier molecular flexibility index (Phi) is 4.47. The summed E-state index contributed by atoms with van der Waals surface area (Å²) in [4.78, 5) is 30.2. The van der Waals surface area contributed by atoms with E-state index in [0.29, 0.717) is 10.7 Å². The van der Waals surface area contributed by atoms with Gasteiger partial charge in [0.25, 0.3) is 5.91 Å². The highest BCUT2D eigenvalue weighted by Gasteiger charge is 2.26. The third-order valence-corrected chi connectivity index (χ3v) is 4.95. The summed E-state index contributed by atoms with van der Waals surface area (Å²) >= 11 is 1.37. The number of carbonyl (C=O) groups is 2. The maximum Gasteiger partial charge on any atom is 0.257 e. The molecule has 0 radical (unpaired) electrons. The molecular formula is C19H17N5O2S. The number of benzene rings is 2. The average molecular weight is 379 g/mol. The Labute approximate surface area is 160 Å². The van der Waals surface area contributed by atoms with Crippen LogP contribution in [0.15, 0.2) is 60.1 Å². The normalized spacial score (nSPS) is 13.3. The van der Waals surface area contributed by atoms with Gasteiger partial charge in [0, 0.05) is 24.2 Å².